The number of benzene rings is 3. The second-order valence-electron chi connectivity index (χ2n) is 7.02. The summed E-state index contributed by atoms with van der Waals surface area (Å²) in [5, 5.41) is 9.35. The van der Waals surface area contributed by atoms with Crippen LogP contribution in [0.1, 0.15) is 15.2 Å². The fourth-order valence-electron chi connectivity index (χ4n) is 3.07. The Kier molecular flexibility index (Phi) is 6.15. The van der Waals surface area contributed by atoms with Crippen molar-refractivity contribution in [3.63, 3.8) is 0 Å². The van der Waals surface area contributed by atoms with E-state index in [1.807, 2.05) is 0 Å². The molecule has 2 N–H and O–H groups in total. The normalized spacial score (nSPS) is 11.4. The molecule has 0 atom stereocenters. The fourth-order valence-corrected chi connectivity index (χ4v) is 5.07. The minimum Gasteiger partial charge on any atom is -0.503 e. The summed E-state index contributed by atoms with van der Waals surface area (Å²) in [5.74, 6) is -8.06. The van der Waals surface area contributed by atoms with Gasteiger partial charge in [-0.2, -0.15) is 4.39 Å². The number of ketones is 1. The standard InChI is InChI=1S/C23H13F4NO4S2/c24-13-4-6-15(7-5-13)34(31,32)28-14-3-1-2-12(10-14)18-8-9-19(33-18)22(29)16-11-17(25)21(27)23(30)20(16)26/h1-11,28,30H. The highest BCUT2D eigenvalue weighted by molar-refractivity contribution is 7.92. The van der Waals surface area contributed by atoms with Crippen molar-refractivity contribution in [3.8, 4) is 16.2 Å². The number of thiophene rings is 1. The Morgan fingerprint density at radius 3 is 2.29 bits per heavy atom. The second-order valence-corrected chi connectivity index (χ2v) is 9.78. The Morgan fingerprint density at radius 1 is 0.882 bits per heavy atom. The molecule has 34 heavy (non-hydrogen) atoms. The summed E-state index contributed by atoms with van der Waals surface area (Å²) in [5.41, 5.74) is -0.123. The van der Waals surface area contributed by atoms with E-state index in [4.69, 9.17) is 0 Å². The van der Waals surface area contributed by atoms with Crippen molar-refractivity contribution in [2.24, 2.45) is 0 Å². The highest BCUT2D eigenvalue weighted by Crippen LogP contribution is 2.33. The van der Waals surface area contributed by atoms with Gasteiger partial charge in [-0.25, -0.2) is 21.6 Å². The molecule has 0 aliphatic rings. The number of anilines is 1. The van der Waals surface area contributed by atoms with Crippen LogP contribution in [0.3, 0.4) is 0 Å². The third-order valence-electron chi connectivity index (χ3n) is 4.73. The van der Waals surface area contributed by atoms with E-state index >= 15 is 0 Å². The maximum atomic E-state index is 14.1. The number of hydrogen-bond donors (Lipinski definition) is 2. The number of halogens is 4. The number of nitrogens with one attached hydrogen (secondary N) is 1. The van der Waals surface area contributed by atoms with Crippen LogP contribution >= 0.6 is 11.3 Å². The topological polar surface area (TPSA) is 83.5 Å². The van der Waals surface area contributed by atoms with E-state index in [-0.39, 0.29) is 15.5 Å². The third-order valence-corrected chi connectivity index (χ3v) is 7.26. The average Bonchev–Trinajstić information content (AvgIpc) is 3.30. The third kappa shape index (κ3) is 4.52. The van der Waals surface area contributed by atoms with Gasteiger partial charge in [-0.3, -0.25) is 9.52 Å². The Bertz CT molecular complexity index is 1520. The Hall–Kier alpha value is -3.70. The number of rotatable bonds is 6. The lowest BCUT2D eigenvalue weighted by Gasteiger charge is -2.09. The average molecular weight is 507 g/mol. The molecule has 5 nitrogen and oxygen atoms in total. The molecule has 4 aromatic rings. The molecule has 0 aliphatic heterocycles. The monoisotopic (exact) mass is 507 g/mol. The van der Waals surface area contributed by atoms with E-state index in [1.54, 1.807) is 12.1 Å². The van der Waals surface area contributed by atoms with E-state index in [2.05, 4.69) is 4.72 Å². The predicted octanol–water partition coefficient (Wildman–Crippen LogP) is 5.71. The van der Waals surface area contributed by atoms with Gasteiger partial charge >= 0.3 is 0 Å². The van der Waals surface area contributed by atoms with Crippen molar-refractivity contribution in [2.75, 3.05) is 4.72 Å². The van der Waals surface area contributed by atoms with Crippen LogP contribution in [0.15, 0.2) is 71.6 Å². The molecule has 1 heterocycles. The summed E-state index contributed by atoms with van der Waals surface area (Å²) in [4.78, 5) is 13.0. The van der Waals surface area contributed by atoms with E-state index in [1.165, 1.54) is 24.3 Å². The minimum absolute atomic E-state index is 0.0170. The van der Waals surface area contributed by atoms with Crippen molar-refractivity contribution < 1.29 is 35.9 Å². The quantitative estimate of drug-likeness (QED) is 0.199. The molecule has 0 radical (unpaired) electrons. The summed E-state index contributed by atoms with van der Waals surface area (Å²) < 4.78 is 81.5. The molecule has 0 saturated carbocycles. The van der Waals surface area contributed by atoms with Crippen LogP contribution in [-0.4, -0.2) is 19.3 Å². The number of hydrogen-bond acceptors (Lipinski definition) is 5. The molecule has 0 spiro atoms. The molecule has 4 rings (SSSR count). The smallest absolute Gasteiger partial charge is 0.261 e. The van der Waals surface area contributed by atoms with Crippen LogP contribution in [-0.2, 0) is 10.0 Å². The first-order chi connectivity index (χ1) is 16.1. The second kappa shape index (κ2) is 8.92. The molecule has 1 aromatic heterocycles. The van der Waals surface area contributed by atoms with Gasteiger partial charge in [0, 0.05) is 10.6 Å². The van der Waals surface area contributed by atoms with E-state index in [0.29, 0.717) is 16.5 Å². The predicted molar refractivity (Wildman–Crippen MR) is 118 cm³/mol. The van der Waals surface area contributed by atoms with Gasteiger partial charge in [0.15, 0.2) is 17.4 Å². The van der Waals surface area contributed by atoms with Gasteiger partial charge < -0.3 is 5.11 Å². The van der Waals surface area contributed by atoms with Gasteiger partial charge in [0.2, 0.25) is 11.6 Å². The molecular weight excluding hydrogens is 494 g/mol. The van der Waals surface area contributed by atoms with E-state index in [9.17, 15) is 35.9 Å². The van der Waals surface area contributed by atoms with E-state index in [0.717, 1.165) is 35.6 Å². The van der Waals surface area contributed by atoms with Crippen molar-refractivity contribution in [1.82, 2.24) is 0 Å². The lowest BCUT2D eigenvalue weighted by Crippen LogP contribution is -2.12. The summed E-state index contributed by atoms with van der Waals surface area (Å²) in [7, 11) is -3.99. The Labute approximate surface area is 195 Å². The van der Waals surface area contributed by atoms with Crippen LogP contribution in [0.25, 0.3) is 10.4 Å². The summed E-state index contributed by atoms with van der Waals surface area (Å²) >= 11 is 0.905. The van der Waals surface area contributed by atoms with Gasteiger partial charge in [0.25, 0.3) is 10.0 Å². The first-order valence-corrected chi connectivity index (χ1v) is 11.8. The molecule has 0 bridgehead atoms. The van der Waals surface area contributed by atoms with Gasteiger partial charge in [0.05, 0.1) is 15.3 Å². The summed E-state index contributed by atoms with van der Waals surface area (Å²) in [6.07, 6.45) is 0. The van der Waals surface area contributed by atoms with Crippen molar-refractivity contribution in [3.05, 3.63) is 100 Å². The van der Waals surface area contributed by atoms with Crippen LogP contribution in [0, 0.1) is 23.3 Å². The highest BCUT2D eigenvalue weighted by atomic mass is 32.2. The Balaban J connectivity index is 1.61. The maximum absolute atomic E-state index is 14.1. The zero-order chi connectivity index (χ0) is 24.6. The molecule has 0 unspecified atom stereocenters. The fraction of sp³-hybridized carbons (Fsp3) is 0. The zero-order valence-corrected chi connectivity index (χ0v) is 18.5. The van der Waals surface area contributed by atoms with Crippen LogP contribution in [0.4, 0.5) is 23.2 Å². The lowest BCUT2D eigenvalue weighted by molar-refractivity contribution is 0.103. The summed E-state index contributed by atoms with van der Waals surface area (Å²) in [6, 6.07) is 13.7. The zero-order valence-electron chi connectivity index (χ0n) is 16.9. The molecular formula is C23H13F4NO4S2. The first kappa shape index (κ1) is 23.5. The first-order valence-electron chi connectivity index (χ1n) is 9.46. The van der Waals surface area contributed by atoms with Crippen LogP contribution in [0.5, 0.6) is 5.75 Å². The van der Waals surface area contributed by atoms with Crippen LogP contribution in [0.2, 0.25) is 0 Å². The Morgan fingerprint density at radius 2 is 1.59 bits per heavy atom. The van der Waals surface area contributed by atoms with Crippen molar-refractivity contribution >= 4 is 32.8 Å². The van der Waals surface area contributed by atoms with E-state index < -0.39 is 50.4 Å². The van der Waals surface area contributed by atoms with Gasteiger partial charge in [-0.1, -0.05) is 12.1 Å². The SMILES string of the molecule is O=C(c1ccc(-c2cccc(NS(=O)(=O)c3ccc(F)cc3)c2)s1)c1cc(F)c(F)c(O)c1F. The molecule has 0 saturated heterocycles. The lowest BCUT2D eigenvalue weighted by atomic mass is 10.1. The maximum Gasteiger partial charge on any atom is 0.261 e. The number of phenolic OH excluding ortho intramolecular Hbond substituents is 1. The minimum atomic E-state index is -3.99. The van der Waals surface area contributed by atoms with Crippen molar-refractivity contribution in [2.45, 2.75) is 4.90 Å². The summed E-state index contributed by atoms with van der Waals surface area (Å²) in [6.45, 7) is 0. The number of sulfonamides is 1. The molecule has 0 amide bonds. The van der Waals surface area contributed by atoms with Gasteiger partial charge in [0.1, 0.15) is 5.82 Å². The number of carbonyl (C=O) groups excluding carboxylic acids is 1. The number of phenols is 1. The van der Waals surface area contributed by atoms with Crippen molar-refractivity contribution in [1.29, 1.82) is 0 Å². The van der Waals surface area contributed by atoms with Gasteiger partial charge in [-0.15, -0.1) is 11.3 Å². The molecule has 0 aliphatic carbocycles. The van der Waals surface area contributed by atoms with Gasteiger partial charge in [-0.05, 0) is 60.2 Å². The molecule has 11 heteroatoms. The molecule has 3 aromatic carbocycles. The number of carbonyl (C=O) groups is 1. The largest absolute Gasteiger partial charge is 0.503 e. The highest BCUT2D eigenvalue weighted by Gasteiger charge is 2.24. The molecule has 0 fully saturated rings. The molecule has 174 valence electrons. The number of aromatic hydroxyl groups is 1. The van der Waals surface area contributed by atoms with Crippen LogP contribution < -0.4 is 4.72 Å².